The maximum atomic E-state index is 10.7. The zero-order chi connectivity index (χ0) is 11.3. The van der Waals surface area contributed by atoms with Gasteiger partial charge in [-0.05, 0) is 12.1 Å². The molecule has 0 bridgehead atoms. The predicted octanol–water partition coefficient (Wildman–Crippen LogP) is 1.54. The van der Waals surface area contributed by atoms with Crippen LogP contribution >= 0.6 is 10.7 Å². The molecule has 1 aromatic carbocycles. The average molecular weight is 247 g/mol. The van der Waals surface area contributed by atoms with Crippen molar-refractivity contribution in [2.45, 2.75) is 0 Å². The van der Waals surface area contributed by atoms with Crippen LogP contribution in [0.4, 0.5) is 0 Å². The van der Waals surface area contributed by atoms with Crippen LogP contribution in [-0.4, -0.2) is 8.42 Å². The second kappa shape index (κ2) is 5.53. The number of benzene rings is 1. The summed E-state index contributed by atoms with van der Waals surface area (Å²) in [4.78, 5) is 10.7. The van der Waals surface area contributed by atoms with Crippen molar-refractivity contribution in [3.63, 3.8) is 0 Å². The fourth-order valence-electron chi connectivity index (χ4n) is 1.01. The van der Waals surface area contributed by atoms with E-state index in [1.54, 1.807) is 12.1 Å². The summed E-state index contributed by atoms with van der Waals surface area (Å²) in [5.41, 5.74) is 0.337. The molecule has 0 amide bonds. The van der Waals surface area contributed by atoms with Crippen LogP contribution in [0.3, 0.4) is 0 Å². The van der Waals surface area contributed by atoms with Crippen molar-refractivity contribution < 1.29 is 12.8 Å². The van der Waals surface area contributed by atoms with Gasteiger partial charge in [-0.3, -0.25) is 0 Å². The molecule has 1 heterocycles. The van der Waals surface area contributed by atoms with Crippen LogP contribution in [0, 0.1) is 0 Å². The SMILES string of the molecule is O=[SH](=O)Cl.O=c1ccc2ccccc2o1. The van der Waals surface area contributed by atoms with Gasteiger partial charge in [0.15, 0.2) is 0 Å². The number of thiol groups is 1. The molecule has 0 atom stereocenters. The molecule has 0 aliphatic carbocycles. The van der Waals surface area contributed by atoms with Crippen LogP contribution in [0.25, 0.3) is 11.0 Å². The Morgan fingerprint density at radius 3 is 2.33 bits per heavy atom. The quantitative estimate of drug-likeness (QED) is 0.435. The van der Waals surface area contributed by atoms with E-state index in [0.29, 0.717) is 5.58 Å². The van der Waals surface area contributed by atoms with Crippen LogP contribution in [0.2, 0.25) is 0 Å². The van der Waals surface area contributed by atoms with Gasteiger partial charge in [0.25, 0.3) is 0 Å². The number of halogens is 1. The standard InChI is InChI=1S/C9H6O2.ClHO2S/c10-9-6-5-7-3-1-2-4-8(7)11-9;1-4(2)3/h1-6H;4H. The first-order valence-corrected chi connectivity index (χ1v) is 5.97. The van der Waals surface area contributed by atoms with Crippen LogP contribution < -0.4 is 5.63 Å². The Morgan fingerprint density at radius 1 is 1.07 bits per heavy atom. The molecule has 0 N–H and O–H groups in total. The molecule has 0 saturated carbocycles. The lowest BCUT2D eigenvalue weighted by Gasteiger charge is -1.91. The lowest BCUT2D eigenvalue weighted by molar-refractivity contribution is 0.561. The maximum Gasteiger partial charge on any atom is 0.336 e. The second-order valence-corrected chi connectivity index (χ2v) is 3.76. The van der Waals surface area contributed by atoms with E-state index in [1.165, 1.54) is 6.07 Å². The molecular weight excluding hydrogens is 240 g/mol. The van der Waals surface area contributed by atoms with E-state index in [-0.39, 0.29) is 5.63 Å². The Balaban J connectivity index is 0.000000245. The molecule has 0 saturated heterocycles. The Bertz CT molecular complexity index is 565. The van der Waals surface area contributed by atoms with E-state index in [9.17, 15) is 4.79 Å². The summed E-state index contributed by atoms with van der Waals surface area (Å²) in [7, 11) is 1.58. The fourth-order valence-corrected chi connectivity index (χ4v) is 1.01. The van der Waals surface area contributed by atoms with Gasteiger partial charge in [0.05, 0.1) is 0 Å². The molecule has 0 aliphatic rings. The zero-order valence-electron chi connectivity index (χ0n) is 7.42. The molecule has 1 aromatic heterocycles. The van der Waals surface area contributed by atoms with E-state index in [4.69, 9.17) is 12.8 Å². The normalized spacial score (nSPS) is 9.73. The predicted molar refractivity (Wildman–Crippen MR) is 58.7 cm³/mol. The van der Waals surface area contributed by atoms with Crippen LogP contribution in [0.5, 0.6) is 0 Å². The Morgan fingerprint density at radius 2 is 1.67 bits per heavy atom. The zero-order valence-corrected chi connectivity index (χ0v) is 9.07. The van der Waals surface area contributed by atoms with Gasteiger partial charge in [-0.25, -0.2) is 13.2 Å². The Kier molecular flexibility index (Phi) is 4.33. The van der Waals surface area contributed by atoms with E-state index >= 15 is 0 Å². The van der Waals surface area contributed by atoms with E-state index in [0.717, 1.165) is 5.39 Å². The van der Waals surface area contributed by atoms with Crippen molar-refractivity contribution in [2.75, 3.05) is 0 Å². The maximum absolute atomic E-state index is 10.7. The molecule has 0 unspecified atom stereocenters. The van der Waals surface area contributed by atoms with Crippen LogP contribution in [0.1, 0.15) is 0 Å². The van der Waals surface area contributed by atoms with Crippen molar-refractivity contribution >= 4 is 31.6 Å². The molecule has 2 rings (SSSR count). The van der Waals surface area contributed by atoms with Crippen molar-refractivity contribution in [1.82, 2.24) is 0 Å². The van der Waals surface area contributed by atoms with Gasteiger partial charge in [0.2, 0.25) is 9.92 Å². The van der Waals surface area contributed by atoms with Gasteiger partial charge in [-0.2, -0.15) is 0 Å². The minimum absolute atomic E-state index is 0.302. The highest BCUT2D eigenvalue weighted by molar-refractivity contribution is 7.98. The van der Waals surface area contributed by atoms with Gasteiger partial charge in [-0.15, -0.1) is 0 Å². The fraction of sp³-hybridized carbons (Fsp3) is 0. The molecule has 0 spiro atoms. The molecule has 2 aromatic rings. The van der Waals surface area contributed by atoms with E-state index in [2.05, 4.69) is 10.7 Å². The minimum Gasteiger partial charge on any atom is -0.423 e. The van der Waals surface area contributed by atoms with Gasteiger partial charge in [0.1, 0.15) is 5.58 Å². The highest BCUT2D eigenvalue weighted by Crippen LogP contribution is 2.08. The number of hydrogen-bond acceptors (Lipinski definition) is 4. The highest BCUT2D eigenvalue weighted by atomic mass is 35.7. The first kappa shape index (κ1) is 11.7. The number of para-hydroxylation sites is 1. The molecule has 0 fully saturated rings. The highest BCUT2D eigenvalue weighted by Gasteiger charge is 1.92. The van der Waals surface area contributed by atoms with E-state index in [1.807, 2.05) is 18.2 Å². The van der Waals surface area contributed by atoms with Gasteiger partial charge in [0, 0.05) is 22.1 Å². The third-order valence-corrected chi connectivity index (χ3v) is 1.53. The van der Waals surface area contributed by atoms with Crippen molar-refractivity contribution in [3.05, 3.63) is 46.8 Å². The first-order chi connectivity index (χ1) is 7.09. The summed E-state index contributed by atoms with van der Waals surface area (Å²) in [5.74, 6) is 0. The number of fused-ring (bicyclic) bond motifs is 1. The smallest absolute Gasteiger partial charge is 0.336 e. The van der Waals surface area contributed by atoms with Crippen LogP contribution in [-0.2, 0) is 9.92 Å². The van der Waals surface area contributed by atoms with Gasteiger partial charge < -0.3 is 4.42 Å². The molecule has 15 heavy (non-hydrogen) atoms. The van der Waals surface area contributed by atoms with Crippen molar-refractivity contribution in [3.8, 4) is 0 Å². The van der Waals surface area contributed by atoms with Gasteiger partial charge in [-0.1, -0.05) is 18.2 Å². The monoisotopic (exact) mass is 246 g/mol. The molecule has 4 nitrogen and oxygen atoms in total. The summed E-state index contributed by atoms with van der Waals surface area (Å²) in [6.45, 7) is 0. The number of rotatable bonds is 0. The summed E-state index contributed by atoms with van der Waals surface area (Å²) >= 11 is 0. The molecule has 0 aliphatic heterocycles. The summed E-state index contributed by atoms with van der Waals surface area (Å²) in [6, 6.07) is 10.6. The topological polar surface area (TPSA) is 64.3 Å². The lowest BCUT2D eigenvalue weighted by atomic mass is 10.2. The largest absolute Gasteiger partial charge is 0.423 e. The lowest BCUT2D eigenvalue weighted by Crippen LogP contribution is -1.93. The summed E-state index contributed by atoms with van der Waals surface area (Å²) < 4.78 is 22.5. The first-order valence-electron chi connectivity index (χ1n) is 3.88. The molecule has 80 valence electrons. The average Bonchev–Trinajstić information content (AvgIpc) is 2.16. The van der Waals surface area contributed by atoms with Crippen LogP contribution in [0.15, 0.2) is 45.6 Å². The van der Waals surface area contributed by atoms with E-state index < -0.39 is 9.92 Å². The third-order valence-electron chi connectivity index (χ3n) is 1.53. The minimum atomic E-state index is -2.65. The Labute approximate surface area is 91.5 Å². The molecular formula is C9H7ClO4S. The summed E-state index contributed by atoms with van der Waals surface area (Å²) in [5, 5.41) is 0.951. The van der Waals surface area contributed by atoms with Crippen molar-refractivity contribution in [1.29, 1.82) is 0 Å². The molecule has 0 radical (unpaired) electrons. The summed E-state index contributed by atoms with van der Waals surface area (Å²) in [6.07, 6.45) is 0. The van der Waals surface area contributed by atoms with Gasteiger partial charge >= 0.3 is 5.63 Å². The Hall–Kier alpha value is -1.33. The second-order valence-electron chi connectivity index (χ2n) is 2.50. The number of hydrogen-bond donors (Lipinski definition) is 1. The molecule has 6 heteroatoms. The van der Waals surface area contributed by atoms with Crippen molar-refractivity contribution in [2.24, 2.45) is 0 Å². The third kappa shape index (κ3) is 4.14.